The number of halogens is 2. The molecule has 0 atom stereocenters. The molecule has 0 spiro atoms. The second-order valence-electron chi connectivity index (χ2n) is 2.67. The molecular formula is C9H7BrClNOS. The van der Waals surface area contributed by atoms with E-state index in [4.69, 9.17) is 16.0 Å². The molecule has 0 aromatic carbocycles. The van der Waals surface area contributed by atoms with Gasteiger partial charge in [-0.2, -0.15) is 0 Å². The standard InChI is InChI=1S/C9H7BrClNOS/c10-8-2-1-6(13-8)5-12-7-3-4-14-9(7)11/h1-4,12H,5H2. The van der Waals surface area contributed by atoms with Gasteiger partial charge in [-0.25, -0.2) is 0 Å². The van der Waals surface area contributed by atoms with Crippen LogP contribution in [0.2, 0.25) is 4.34 Å². The lowest BCUT2D eigenvalue weighted by molar-refractivity contribution is 0.495. The van der Waals surface area contributed by atoms with Crippen LogP contribution in [-0.2, 0) is 6.54 Å². The van der Waals surface area contributed by atoms with Crippen LogP contribution in [0.3, 0.4) is 0 Å². The Balaban J connectivity index is 1.98. The summed E-state index contributed by atoms with van der Waals surface area (Å²) >= 11 is 10.7. The van der Waals surface area contributed by atoms with Gasteiger partial charge in [0.05, 0.1) is 12.2 Å². The summed E-state index contributed by atoms with van der Waals surface area (Å²) in [6.45, 7) is 0.641. The number of nitrogens with one attached hydrogen (secondary N) is 1. The first kappa shape index (κ1) is 10.1. The fourth-order valence-electron chi connectivity index (χ4n) is 1.05. The molecule has 2 nitrogen and oxygen atoms in total. The van der Waals surface area contributed by atoms with E-state index in [1.54, 1.807) is 0 Å². The van der Waals surface area contributed by atoms with Crippen molar-refractivity contribution in [2.75, 3.05) is 5.32 Å². The molecule has 14 heavy (non-hydrogen) atoms. The summed E-state index contributed by atoms with van der Waals surface area (Å²) in [4.78, 5) is 0. The van der Waals surface area contributed by atoms with E-state index in [9.17, 15) is 0 Å². The zero-order chi connectivity index (χ0) is 9.97. The van der Waals surface area contributed by atoms with Crippen molar-refractivity contribution >= 4 is 44.6 Å². The van der Waals surface area contributed by atoms with E-state index in [1.165, 1.54) is 11.3 Å². The Morgan fingerprint density at radius 1 is 1.43 bits per heavy atom. The minimum Gasteiger partial charge on any atom is -0.452 e. The van der Waals surface area contributed by atoms with E-state index >= 15 is 0 Å². The number of rotatable bonds is 3. The highest BCUT2D eigenvalue weighted by atomic mass is 79.9. The van der Waals surface area contributed by atoms with Gasteiger partial charge in [0.2, 0.25) is 0 Å². The maximum atomic E-state index is 5.93. The zero-order valence-corrected chi connectivity index (χ0v) is 10.2. The molecule has 0 bridgehead atoms. The average Bonchev–Trinajstić information content (AvgIpc) is 2.72. The van der Waals surface area contributed by atoms with E-state index < -0.39 is 0 Å². The second kappa shape index (κ2) is 4.38. The molecule has 0 unspecified atom stereocenters. The molecule has 0 saturated heterocycles. The minimum atomic E-state index is 0.641. The van der Waals surface area contributed by atoms with Gasteiger partial charge in [-0.15, -0.1) is 11.3 Å². The Kier molecular flexibility index (Phi) is 3.15. The van der Waals surface area contributed by atoms with E-state index in [0.717, 1.165) is 20.5 Å². The van der Waals surface area contributed by atoms with Crippen molar-refractivity contribution < 1.29 is 4.42 Å². The Morgan fingerprint density at radius 3 is 2.86 bits per heavy atom. The van der Waals surface area contributed by atoms with Crippen LogP contribution >= 0.6 is 38.9 Å². The first-order valence-corrected chi connectivity index (χ1v) is 6.02. The Labute approximate surface area is 99.0 Å². The van der Waals surface area contributed by atoms with Crippen LogP contribution in [0.5, 0.6) is 0 Å². The topological polar surface area (TPSA) is 25.2 Å². The zero-order valence-electron chi connectivity index (χ0n) is 7.09. The molecule has 2 rings (SSSR count). The maximum Gasteiger partial charge on any atom is 0.169 e. The van der Waals surface area contributed by atoms with Crippen LogP contribution in [0.25, 0.3) is 0 Å². The molecule has 0 saturated carbocycles. The number of hydrogen-bond acceptors (Lipinski definition) is 3. The van der Waals surface area contributed by atoms with Crippen LogP contribution < -0.4 is 5.32 Å². The molecular weight excluding hydrogens is 286 g/mol. The van der Waals surface area contributed by atoms with Crippen LogP contribution in [0.4, 0.5) is 5.69 Å². The summed E-state index contributed by atoms with van der Waals surface area (Å²) in [5, 5.41) is 5.13. The molecule has 0 fully saturated rings. The van der Waals surface area contributed by atoms with Crippen LogP contribution in [0.15, 0.2) is 32.7 Å². The van der Waals surface area contributed by atoms with Gasteiger partial charge in [0, 0.05) is 0 Å². The summed E-state index contributed by atoms with van der Waals surface area (Å²) in [6.07, 6.45) is 0. The molecule has 0 aliphatic carbocycles. The van der Waals surface area contributed by atoms with E-state index in [2.05, 4.69) is 21.2 Å². The van der Waals surface area contributed by atoms with Crippen molar-refractivity contribution in [2.45, 2.75) is 6.54 Å². The van der Waals surface area contributed by atoms with Gasteiger partial charge in [0.25, 0.3) is 0 Å². The minimum absolute atomic E-state index is 0.641. The third kappa shape index (κ3) is 2.32. The first-order valence-electron chi connectivity index (χ1n) is 3.97. The highest BCUT2D eigenvalue weighted by molar-refractivity contribution is 9.10. The normalized spacial score (nSPS) is 10.4. The smallest absolute Gasteiger partial charge is 0.169 e. The first-order chi connectivity index (χ1) is 6.75. The lowest BCUT2D eigenvalue weighted by Gasteiger charge is -2.01. The predicted molar refractivity (Wildman–Crippen MR) is 63.1 cm³/mol. The van der Waals surface area contributed by atoms with Crippen molar-refractivity contribution in [1.29, 1.82) is 0 Å². The van der Waals surface area contributed by atoms with E-state index in [1.807, 2.05) is 23.6 Å². The number of anilines is 1. The van der Waals surface area contributed by atoms with Gasteiger partial charge in [-0.1, -0.05) is 11.6 Å². The summed E-state index contributed by atoms with van der Waals surface area (Å²) in [5.74, 6) is 0.874. The van der Waals surface area contributed by atoms with Crippen molar-refractivity contribution in [3.05, 3.63) is 38.3 Å². The third-order valence-corrected chi connectivity index (χ3v) is 3.30. The summed E-state index contributed by atoms with van der Waals surface area (Å²) in [5.41, 5.74) is 0.948. The van der Waals surface area contributed by atoms with Gasteiger partial charge in [-0.05, 0) is 39.5 Å². The number of hydrogen-bond donors (Lipinski definition) is 1. The van der Waals surface area contributed by atoms with Gasteiger partial charge >= 0.3 is 0 Å². The molecule has 0 aliphatic heterocycles. The van der Waals surface area contributed by atoms with Gasteiger partial charge < -0.3 is 9.73 Å². The van der Waals surface area contributed by atoms with E-state index in [0.29, 0.717) is 6.54 Å². The fourth-order valence-corrected chi connectivity index (χ4v) is 2.26. The number of thiophene rings is 1. The molecule has 1 N–H and O–H groups in total. The third-order valence-electron chi connectivity index (χ3n) is 1.70. The van der Waals surface area contributed by atoms with E-state index in [-0.39, 0.29) is 0 Å². The lowest BCUT2D eigenvalue weighted by atomic mass is 10.4. The molecule has 0 radical (unpaired) electrons. The second-order valence-corrected chi connectivity index (χ2v) is 4.97. The maximum absolute atomic E-state index is 5.93. The van der Waals surface area contributed by atoms with Crippen molar-refractivity contribution in [2.24, 2.45) is 0 Å². The van der Waals surface area contributed by atoms with Crippen LogP contribution in [0.1, 0.15) is 5.76 Å². The van der Waals surface area contributed by atoms with Gasteiger partial charge in [0.15, 0.2) is 4.67 Å². The fraction of sp³-hybridized carbons (Fsp3) is 0.111. The predicted octanol–water partition coefficient (Wildman–Crippen LogP) is 4.37. The molecule has 74 valence electrons. The summed E-state index contributed by atoms with van der Waals surface area (Å²) in [7, 11) is 0. The van der Waals surface area contributed by atoms with Crippen LogP contribution in [0, 0.1) is 0 Å². The molecule has 2 aromatic rings. The lowest BCUT2D eigenvalue weighted by Crippen LogP contribution is -1.96. The molecule has 5 heteroatoms. The van der Waals surface area contributed by atoms with Crippen molar-refractivity contribution in [1.82, 2.24) is 0 Å². The molecule has 0 aliphatic rings. The Hall–Kier alpha value is -0.450. The monoisotopic (exact) mass is 291 g/mol. The Bertz CT molecular complexity index is 426. The molecule has 2 aromatic heterocycles. The quantitative estimate of drug-likeness (QED) is 0.909. The number of furan rings is 1. The van der Waals surface area contributed by atoms with Crippen molar-refractivity contribution in [3.63, 3.8) is 0 Å². The van der Waals surface area contributed by atoms with Gasteiger partial charge in [0.1, 0.15) is 10.1 Å². The summed E-state index contributed by atoms with van der Waals surface area (Å²) < 4.78 is 6.85. The SMILES string of the molecule is Clc1sccc1NCc1ccc(Br)o1. The van der Waals surface area contributed by atoms with Crippen LogP contribution in [-0.4, -0.2) is 0 Å². The molecule has 2 heterocycles. The largest absolute Gasteiger partial charge is 0.452 e. The summed E-state index contributed by atoms with van der Waals surface area (Å²) in [6, 6.07) is 5.73. The average molecular weight is 293 g/mol. The van der Waals surface area contributed by atoms with Crippen molar-refractivity contribution in [3.8, 4) is 0 Å². The molecule has 0 amide bonds. The van der Waals surface area contributed by atoms with Gasteiger partial charge in [-0.3, -0.25) is 0 Å². The highest BCUT2D eigenvalue weighted by Crippen LogP contribution is 2.28. The highest BCUT2D eigenvalue weighted by Gasteiger charge is 2.02. The Morgan fingerprint density at radius 2 is 2.29 bits per heavy atom.